The first-order valence-electron chi connectivity index (χ1n) is 4.29. The van der Waals surface area contributed by atoms with E-state index in [9.17, 15) is 4.79 Å². The predicted octanol–water partition coefficient (Wildman–Crippen LogP) is 2.99. The van der Waals surface area contributed by atoms with Crippen LogP contribution in [0.15, 0.2) is 11.0 Å². The van der Waals surface area contributed by atoms with E-state index < -0.39 is 5.97 Å². The van der Waals surface area contributed by atoms with Crippen molar-refractivity contribution in [2.24, 2.45) is 0 Å². The molecule has 0 atom stereocenters. The van der Waals surface area contributed by atoms with Crippen LogP contribution in [0.2, 0.25) is 5.02 Å². The molecule has 14 heavy (non-hydrogen) atoms. The van der Waals surface area contributed by atoms with Gasteiger partial charge < -0.3 is 5.11 Å². The normalized spacial score (nSPS) is 14.1. The van der Waals surface area contributed by atoms with Crippen molar-refractivity contribution in [1.29, 1.82) is 0 Å². The number of hydrogen-bond acceptors (Lipinski definition) is 2. The van der Waals surface area contributed by atoms with Crippen LogP contribution in [0.4, 0.5) is 0 Å². The molecule has 0 radical (unpaired) electrons. The van der Waals surface area contributed by atoms with Gasteiger partial charge in [0.25, 0.3) is 0 Å². The molecule has 1 aromatic rings. The van der Waals surface area contributed by atoms with Gasteiger partial charge in [-0.2, -0.15) is 0 Å². The minimum atomic E-state index is -0.927. The Morgan fingerprint density at radius 1 is 1.64 bits per heavy atom. The van der Waals surface area contributed by atoms with Gasteiger partial charge in [-0.15, -0.1) is 11.8 Å². The molecular weight excluding hydrogens is 220 g/mol. The minimum Gasteiger partial charge on any atom is -0.478 e. The van der Waals surface area contributed by atoms with E-state index in [0.29, 0.717) is 5.02 Å². The van der Waals surface area contributed by atoms with Gasteiger partial charge in [0.2, 0.25) is 0 Å². The van der Waals surface area contributed by atoms with Gasteiger partial charge in [-0.3, -0.25) is 0 Å². The van der Waals surface area contributed by atoms with Crippen molar-refractivity contribution in [1.82, 2.24) is 0 Å². The van der Waals surface area contributed by atoms with E-state index in [4.69, 9.17) is 16.7 Å². The smallest absolute Gasteiger partial charge is 0.338 e. The molecule has 0 spiro atoms. The number of benzene rings is 1. The number of carboxylic acids is 1. The monoisotopic (exact) mass is 228 g/mol. The number of fused-ring (bicyclic) bond motifs is 1. The van der Waals surface area contributed by atoms with Crippen LogP contribution in [0.5, 0.6) is 0 Å². The quantitative estimate of drug-likeness (QED) is 0.803. The number of thioether (sulfide) groups is 1. The Morgan fingerprint density at radius 2 is 2.36 bits per heavy atom. The zero-order chi connectivity index (χ0) is 10.3. The highest BCUT2D eigenvalue weighted by Crippen LogP contribution is 2.39. The highest BCUT2D eigenvalue weighted by Gasteiger charge is 2.23. The van der Waals surface area contributed by atoms with Gasteiger partial charge in [-0.05, 0) is 24.5 Å². The Kier molecular flexibility index (Phi) is 2.45. The van der Waals surface area contributed by atoms with Gasteiger partial charge in [0, 0.05) is 10.6 Å². The van der Waals surface area contributed by atoms with Crippen LogP contribution in [0.1, 0.15) is 21.5 Å². The summed E-state index contributed by atoms with van der Waals surface area (Å²) in [5.41, 5.74) is 2.25. The summed E-state index contributed by atoms with van der Waals surface area (Å²) in [6.07, 6.45) is 0.943. The van der Waals surface area contributed by atoms with Crippen LogP contribution in [-0.2, 0) is 6.42 Å². The molecule has 0 fully saturated rings. The molecule has 0 amide bonds. The van der Waals surface area contributed by atoms with E-state index in [1.54, 1.807) is 11.8 Å². The fourth-order valence-corrected chi connectivity index (χ4v) is 3.14. The van der Waals surface area contributed by atoms with E-state index in [1.807, 2.05) is 13.0 Å². The third-order valence-corrected chi connectivity index (χ3v) is 3.96. The second-order valence-corrected chi connectivity index (χ2v) is 4.76. The summed E-state index contributed by atoms with van der Waals surface area (Å²) in [5.74, 6) is 0.0272. The lowest BCUT2D eigenvalue weighted by Crippen LogP contribution is -2.02. The molecule has 0 saturated carbocycles. The largest absolute Gasteiger partial charge is 0.478 e. The Hall–Kier alpha value is -0.670. The molecular formula is C10H9ClO2S. The maximum atomic E-state index is 11.0. The molecule has 1 aliphatic rings. The summed E-state index contributed by atoms with van der Waals surface area (Å²) in [6.45, 7) is 1.85. The van der Waals surface area contributed by atoms with Gasteiger partial charge in [-0.25, -0.2) is 4.79 Å². The maximum absolute atomic E-state index is 11.0. The van der Waals surface area contributed by atoms with Crippen molar-refractivity contribution in [3.05, 3.63) is 27.8 Å². The number of hydrogen-bond donors (Lipinski definition) is 1. The van der Waals surface area contributed by atoms with Crippen molar-refractivity contribution >= 4 is 29.3 Å². The summed E-state index contributed by atoms with van der Waals surface area (Å²) in [4.78, 5) is 11.9. The standard InChI is InChI=1S/C10H9ClO2S/c1-5-4-6-2-3-14-9(6)7(8(5)11)10(12)13/h4H,2-3H2,1H3,(H,12,13). The van der Waals surface area contributed by atoms with Crippen molar-refractivity contribution in [2.75, 3.05) is 5.75 Å². The van der Waals surface area contributed by atoms with E-state index in [1.165, 1.54) is 0 Å². The van der Waals surface area contributed by atoms with Gasteiger partial charge in [0.15, 0.2) is 0 Å². The van der Waals surface area contributed by atoms with Gasteiger partial charge >= 0.3 is 5.97 Å². The molecule has 1 aliphatic heterocycles. The molecule has 1 N–H and O–H groups in total. The molecule has 1 aromatic carbocycles. The third-order valence-electron chi connectivity index (χ3n) is 2.31. The lowest BCUT2D eigenvalue weighted by molar-refractivity contribution is 0.0693. The molecule has 1 heterocycles. The summed E-state index contributed by atoms with van der Waals surface area (Å²) in [7, 11) is 0. The van der Waals surface area contributed by atoms with Crippen LogP contribution >= 0.6 is 23.4 Å². The lowest BCUT2D eigenvalue weighted by atomic mass is 10.0. The van der Waals surface area contributed by atoms with Gasteiger partial charge in [0.1, 0.15) is 0 Å². The molecule has 0 aromatic heterocycles. The summed E-state index contributed by atoms with van der Waals surface area (Å²) >= 11 is 7.56. The van der Waals surface area contributed by atoms with Crippen LogP contribution in [0.3, 0.4) is 0 Å². The highest BCUT2D eigenvalue weighted by atomic mass is 35.5. The number of rotatable bonds is 1. The van der Waals surface area contributed by atoms with Crippen molar-refractivity contribution < 1.29 is 9.90 Å². The van der Waals surface area contributed by atoms with Crippen molar-refractivity contribution in [3.63, 3.8) is 0 Å². The summed E-state index contributed by atoms with van der Waals surface area (Å²) < 4.78 is 0. The first kappa shape index (κ1) is 9.87. The van der Waals surface area contributed by atoms with E-state index in [0.717, 1.165) is 28.2 Å². The van der Waals surface area contributed by atoms with Crippen LogP contribution in [0, 0.1) is 6.92 Å². The molecule has 0 unspecified atom stereocenters. The van der Waals surface area contributed by atoms with E-state index >= 15 is 0 Å². The van der Waals surface area contributed by atoms with Gasteiger partial charge in [-0.1, -0.05) is 17.7 Å². The predicted molar refractivity (Wildman–Crippen MR) is 57.6 cm³/mol. The Labute approximate surface area is 91.3 Å². The molecule has 2 rings (SSSR count). The number of aromatic carboxylic acids is 1. The molecule has 0 aliphatic carbocycles. The highest BCUT2D eigenvalue weighted by molar-refractivity contribution is 7.99. The third kappa shape index (κ3) is 1.41. The molecule has 0 bridgehead atoms. The van der Waals surface area contributed by atoms with Crippen molar-refractivity contribution in [2.45, 2.75) is 18.2 Å². The molecule has 2 nitrogen and oxygen atoms in total. The Morgan fingerprint density at radius 3 is 3.00 bits per heavy atom. The SMILES string of the molecule is Cc1cc2c(c(C(=O)O)c1Cl)SCC2. The fraction of sp³-hybridized carbons (Fsp3) is 0.300. The number of aryl methyl sites for hydroxylation is 2. The zero-order valence-corrected chi connectivity index (χ0v) is 9.21. The summed E-state index contributed by atoms with van der Waals surface area (Å²) in [6, 6.07) is 1.99. The maximum Gasteiger partial charge on any atom is 0.338 e. The minimum absolute atomic E-state index is 0.282. The number of carbonyl (C=O) groups is 1. The Balaban J connectivity index is 2.72. The lowest BCUT2D eigenvalue weighted by Gasteiger charge is -2.08. The van der Waals surface area contributed by atoms with Gasteiger partial charge in [0.05, 0.1) is 10.6 Å². The molecule has 0 saturated heterocycles. The Bertz CT molecular complexity index is 415. The van der Waals surface area contributed by atoms with E-state index in [2.05, 4.69) is 0 Å². The summed E-state index contributed by atoms with van der Waals surface area (Å²) in [5, 5.41) is 9.44. The first-order valence-corrected chi connectivity index (χ1v) is 5.65. The number of halogens is 1. The van der Waals surface area contributed by atoms with Crippen LogP contribution < -0.4 is 0 Å². The number of carboxylic acid groups (broad SMARTS) is 1. The van der Waals surface area contributed by atoms with E-state index in [-0.39, 0.29) is 5.56 Å². The topological polar surface area (TPSA) is 37.3 Å². The van der Waals surface area contributed by atoms with Crippen molar-refractivity contribution in [3.8, 4) is 0 Å². The second kappa shape index (κ2) is 3.48. The van der Waals surface area contributed by atoms with Crippen LogP contribution in [0.25, 0.3) is 0 Å². The average Bonchev–Trinajstić information content (AvgIpc) is 2.52. The second-order valence-electron chi connectivity index (χ2n) is 3.27. The first-order chi connectivity index (χ1) is 6.61. The molecule has 4 heteroatoms. The molecule has 74 valence electrons. The van der Waals surface area contributed by atoms with Crippen LogP contribution in [-0.4, -0.2) is 16.8 Å². The average molecular weight is 229 g/mol. The zero-order valence-electron chi connectivity index (χ0n) is 7.63. The fourth-order valence-electron chi connectivity index (χ4n) is 1.65.